The van der Waals surface area contributed by atoms with E-state index < -0.39 is 0 Å². The van der Waals surface area contributed by atoms with E-state index in [4.69, 9.17) is 4.74 Å². The minimum absolute atomic E-state index is 0.403. The van der Waals surface area contributed by atoms with Gasteiger partial charge in [0.2, 0.25) is 0 Å². The SMILES string of the molecule is CCCCCCCO[C@H]1[C@@H]2CC[C@@H](C2)[C@@H]1CC=O. The van der Waals surface area contributed by atoms with E-state index in [1.165, 1.54) is 51.4 Å². The summed E-state index contributed by atoms with van der Waals surface area (Å²) in [5.74, 6) is 2.08. The predicted octanol–water partition coefficient (Wildman–Crippen LogP) is 3.98. The number of hydrogen-bond donors (Lipinski definition) is 0. The molecule has 2 fully saturated rings. The van der Waals surface area contributed by atoms with Crippen molar-refractivity contribution < 1.29 is 9.53 Å². The zero-order valence-electron chi connectivity index (χ0n) is 11.8. The van der Waals surface area contributed by atoms with Crippen LogP contribution in [-0.4, -0.2) is 19.0 Å². The van der Waals surface area contributed by atoms with Crippen molar-refractivity contribution in [3.8, 4) is 0 Å². The smallest absolute Gasteiger partial charge is 0.120 e. The molecule has 4 atom stereocenters. The summed E-state index contributed by atoms with van der Waals surface area (Å²) in [6.45, 7) is 3.16. The van der Waals surface area contributed by atoms with Gasteiger partial charge in [0, 0.05) is 13.0 Å². The first-order valence-corrected chi connectivity index (χ1v) is 7.92. The van der Waals surface area contributed by atoms with Crippen LogP contribution in [0, 0.1) is 17.8 Å². The summed E-state index contributed by atoms with van der Waals surface area (Å²) >= 11 is 0. The van der Waals surface area contributed by atoms with E-state index in [2.05, 4.69) is 6.92 Å². The van der Waals surface area contributed by atoms with E-state index in [9.17, 15) is 4.79 Å². The standard InChI is InChI=1S/C16H28O2/c1-2-3-4-5-6-11-18-16-14-8-7-13(12-14)15(16)9-10-17/h10,13-16H,2-9,11-12H2,1H3/t13-,14+,15-,16-/m0/s1. The molecule has 0 amide bonds. The van der Waals surface area contributed by atoms with Crippen molar-refractivity contribution in [2.45, 2.75) is 70.8 Å². The first kappa shape index (κ1) is 14.0. The molecule has 18 heavy (non-hydrogen) atoms. The summed E-state index contributed by atoms with van der Waals surface area (Å²) in [6.07, 6.45) is 12.7. The number of fused-ring (bicyclic) bond motifs is 2. The zero-order valence-corrected chi connectivity index (χ0v) is 11.8. The van der Waals surface area contributed by atoms with Gasteiger partial charge < -0.3 is 9.53 Å². The fraction of sp³-hybridized carbons (Fsp3) is 0.938. The second-order valence-electron chi connectivity index (χ2n) is 6.15. The van der Waals surface area contributed by atoms with Crippen molar-refractivity contribution in [2.24, 2.45) is 17.8 Å². The number of rotatable bonds is 9. The second kappa shape index (κ2) is 7.28. The third-order valence-corrected chi connectivity index (χ3v) is 4.93. The van der Waals surface area contributed by atoms with Crippen LogP contribution in [0.5, 0.6) is 0 Å². The summed E-state index contributed by atoms with van der Waals surface area (Å²) in [5, 5.41) is 0. The van der Waals surface area contributed by atoms with Crippen LogP contribution in [0.2, 0.25) is 0 Å². The van der Waals surface area contributed by atoms with Gasteiger partial charge in [-0.1, -0.05) is 32.6 Å². The molecule has 0 aromatic heterocycles. The molecule has 0 aliphatic heterocycles. The molecule has 0 saturated heterocycles. The maximum atomic E-state index is 10.8. The maximum Gasteiger partial charge on any atom is 0.120 e. The highest BCUT2D eigenvalue weighted by atomic mass is 16.5. The Labute approximate surface area is 111 Å². The Hall–Kier alpha value is -0.370. The van der Waals surface area contributed by atoms with E-state index in [-0.39, 0.29) is 0 Å². The average molecular weight is 252 g/mol. The van der Waals surface area contributed by atoms with Gasteiger partial charge in [0.25, 0.3) is 0 Å². The molecule has 2 aliphatic carbocycles. The molecule has 0 aromatic carbocycles. The lowest BCUT2D eigenvalue weighted by Crippen LogP contribution is -2.31. The first-order chi connectivity index (χ1) is 8.86. The van der Waals surface area contributed by atoms with Crippen LogP contribution in [-0.2, 0) is 9.53 Å². The van der Waals surface area contributed by atoms with Crippen molar-refractivity contribution in [2.75, 3.05) is 6.61 Å². The van der Waals surface area contributed by atoms with Gasteiger partial charge in [-0.05, 0) is 43.4 Å². The minimum Gasteiger partial charge on any atom is -0.378 e. The van der Waals surface area contributed by atoms with Crippen LogP contribution in [0.15, 0.2) is 0 Å². The van der Waals surface area contributed by atoms with Crippen LogP contribution in [0.4, 0.5) is 0 Å². The fourth-order valence-electron chi connectivity index (χ4n) is 3.98. The first-order valence-electron chi connectivity index (χ1n) is 7.92. The van der Waals surface area contributed by atoms with Crippen molar-refractivity contribution in [3.63, 3.8) is 0 Å². The third-order valence-electron chi connectivity index (χ3n) is 4.93. The number of carbonyl (C=O) groups excluding carboxylic acids is 1. The molecule has 0 heterocycles. The molecule has 2 aliphatic rings. The number of carbonyl (C=O) groups is 1. The Bertz CT molecular complexity index is 251. The number of unbranched alkanes of at least 4 members (excludes halogenated alkanes) is 4. The summed E-state index contributed by atoms with van der Waals surface area (Å²) in [7, 11) is 0. The molecular weight excluding hydrogens is 224 g/mol. The van der Waals surface area contributed by atoms with Crippen molar-refractivity contribution >= 4 is 6.29 Å². The molecule has 2 nitrogen and oxygen atoms in total. The molecule has 0 N–H and O–H groups in total. The summed E-state index contributed by atoms with van der Waals surface area (Å²) in [4.78, 5) is 10.8. The van der Waals surface area contributed by atoms with Crippen LogP contribution in [0.1, 0.15) is 64.7 Å². The Morgan fingerprint density at radius 1 is 1.11 bits per heavy atom. The third kappa shape index (κ3) is 3.34. The lowest BCUT2D eigenvalue weighted by atomic mass is 9.84. The summed E-state index contributed by atoms with van der Waals surface area (Å²) in [6, 6.07) is 0. The van der Waals surface area contributed by atoms with Crippen molar-refractivity contribution in [1.29, 1.82) is 0 Å². The van der Waals surface area contributed by atoms with Gasteiger partial charge >= 0.3 is 0 Å². The van der Waals surface area contributed by atoms with Gasteiger partial charge in [0.15, 0.2) is 0 Å². The molecular formula is C16H28O2. The largest absolute Gasteiger partial charge is 0.378 e. The van der Waals surface area contributed by atoms with E-state index in [0.717, 1.165) is 31.1 Å². The Balaban J connectivity index is 1.66. The van der Waals surface area contributed by atoms with E-state index >= 15 is 0 Å². The molecule has 2 saturated carbocycles. The van der Waals surface area contributed by atoms with E-state index in [0.29, 0.717) is 12.0 Å². The van der Waals surface area contributed by atoms with Gasteiger partial charge in [0.1, 0.15) is 6.29 Å². The van der Waals surface area contributed by atoms with Crippen LogP contribution in [0.25, 0.3) is 0 Å². The van der Waals surface area contributed by atoms with Crippen molar-refractivity contribution in [1.82, 2.24) is 0 Å². The monoisotopic (exact) mass is 252 g/mol. The van der Waals surface area contributed by atoms with Crippen molar-refractivity contribution in [3.05, 3.63) is 0 Å². The fourth-order valence-corrected chi connectivity index (χ4v) is 3.98. The lowest BCUT2D eigenvalue weighted by Gasteiger charge is -2.30. The zero-order chi connectivity index (χ0) is 12.8. The average Bonchev–Trinajstić information content (AvgIpc) is 2.96. The molecule has 104 valence electrons. The number of ether oxygens (including phenoxy) is 1. The highest BCUT2D eigenvalue weighted by molar-refractivity contribution is 5.50. The van der Waals surface area contributed by atoms with Gasteiger partial charge in [-0.3, -0.25) is 0 Å². The molecule has 0 spiro atoms. The predicted molar refractivity (Wildman–Crippen MR) is 73.5 cm³/mol. The second-order valence-corrected chi connectivity index (χ2v) is 6.15. The Morgan fingerprint density at radius 3 is 2.67 bits per heavy atom. The number of aldehydes is 1. The molecule has 2 heteroatoms. The maximum absolute atomic E-state index is 10.8. The normalized spacial score (nSPS) is 34.1. The summed E-state index contributed by atoms with van der Waals surface area (Å²) in [5.41, 5.74) is 0. The van der Waals surface area contributed by atoms with Crippen LogP contribution in [0.3, 0.4) is 0 Å². The van der Waals surface area contributed by atoms with Crippen LogP contribution < -0.4 is 0 Å². The Morgan fingerprint density at radius 2 is 1.89 bits per heavy atom. The Kier molecular flexibility index (Phi) is 5.68. The topological polar surface area (TPSA) is 26.3 Å². The van der Waals surface area contributed by atoms with Gasteiger partial charge in [-0.2, -0.15) is 0 Å². The van der Waals surface area contributed by atoms with Crippen LogP contribution >= 0.6 is 0 Å². The summed E-state index contributed by atoms with van der Waals surface area (Å²) < 4.78 is 6.12. The van der Waals surface area contributed by atoms with Gasteiger partial charge in [0.05, 0.1) is 6.10 Å². The molecule has 0 radical (unpaired) electrons. The van der Waals surface area contributed by atoms with Gasteiger partial charge in [-0.25, -0.2) is 0 Å². The lowest BCUT2D eigenvalue weighted by molar-refractivity contribution is -0.111. The van der Waals surface area contributed by atoms with E-state index in [1.807, 2.05) is 0 Å². The number of hydrogen-bond acceptors (Lipinski definition) is 2. The molecule has 2 rings (SSSR count). The molecule has 0 unspecified atom stereocenters. The minimum atomic E-state index is 0.403. The van der Waals surface area contributed by atoms with Gasteiger partial charge in [-0.15, -0.1) is 0 Å². The quantitative estimate of drug-likeness (QED) is 0.458. The van der Waals surface area contributed by atoms with E-state index in [1.54, 1.807) is 0 Å². The highest BCUT2D eigenvalue weighted by Gasteiger charge is 2.47. The highest BCUT2D eigenvalue weighted by Crippen LogP contribution is 2.50. The molecule has 0 aromatic rings. The molecule has 2 bridgehead atoms.